The minimum atomic E-state index is -0.507. The van der Waals surface area contributed by atoms with Gasteiger partial charge in [0, 0.05) is 31.6 Å². The van der Waals surface area contributed by atoms with E-state index in [2.05, 4.69) is 4.90 Å². The maximum absolute atomic E-state index is 11.2. The Morgan fingerprint density at radius 1 is 1.47 bits per heavy atom. The topological polar surface area (TPSA) is 81.6 Å². The first-order valence-corrected chi connectivity index (χ1v) is 5.53. The summed E-state index contributed by atoms with van der Waals surface area (Å²) in [5.74, 6) is -0.507. The molecule has 1 aromatic rings. The number of nitrogens with two attached hydrogens (primary N) is 2. The van der Waals surface area contributed by atoms with Gasteiger partial charge in [-0.3, -0.25) is 4.79 Å². The van der Waals surface area contributed by atoms with Gasteiger partial charge in [0.05, 0.1) is 12.2 Å². The monoisotopic (exact) mass is 237 g/mol. The molecule has 0 fully saturated rings. The lowest BCUT2D eigenvalue weighted by Gasteiger charge is -2.23. The number of rotatable bonds is 6. The third-order valence-corrected chi connectivity index (χ3v) is 2.61. The number of hydrogen-bond acceptors (Lipinski definition) is 4. The molecular formula is C12H19N3O2. The molecule has 0 aliphatic heterocycles. The van der Waals surface area contributed by atoms with Crippen LogP contribution in [0.2, 0.25) is 0 Å². The first kappa shape index (κ1) is 13.3. The second kappa shape index (κ2) is 6.10. The van der Waals surface area contributed by atoms with Gasteiger partial charge in [-0.15, -0.1) is 0 Å². The van der Waals surface area contributed by atoms with E-state index < -0.39 is 5.91 Å². The van der Waals surface area contributed by atoms with Crippen LogP contribution < -0.4 is 16.4 Å². The molecule has 0 radical (unpaired) electrons. The molecule has 1 rings (SSSR count). The summed E-state index contributed by atoms with van der Waals surface area (Å²) >= 11 is 0. The van der Waals surface area contributed by atoms with Gasteiger partial charge in [0.2, 0.25) is 0 Å². The molecule has 1 amide bonds. The van der Waals surface area contributed by atoms with Gasteiger partial charge in [0.25, 0.3) is 5.91 Å². The van der Waals surface area contributed by atoms with Crippen LogP contribution in [-0.2, 0) is 4.74 Å². The van der Waals surface area contributed by atoms with Crippen LogP contribution in [0.1, 0.15) is 17.3 Å². The van der Waals surface area contributed by atoms with Crippen molar-refractivity contribution in [3.05, 3.63) is 23.8 Å². The van der Waals surface area contributed by atoms with Gasteiger partial charge in [-0.2, -0.15) is 0 Å². The Bertz CT molecular complexity index is 393. The number of carbonyl (C=O) groups excluding carboxylic acids is 1. The summed E-state index contributed by atoms with van der Waals surface area (Å²) in [5, 5.41) is 0. The van der Waals surface area contributed by atoms with Crippen molar-refractivity contribution in [2.45, 2.75) is 6.92 Å². The van der Waals surface area contributed by atoms with E-state index in [-0.39, 0.29) is 0 Å². The van der Waals surface area contributed by atoms with Crippen LogP contribution >= 0.6 is 0 Å². The number of nitrogen functional groups attached to an aromatic ring is 1. The van der Waals surface area contributed by atoms with E-state index in [4.69, 9.17) is 16.2 Å². The highest BCUT2D eigenvalue weighted by Crippen LogP contribution is 2.20. The van der Waals surface area contributed by atoms with Crippen molar-refractivity contribution >= 4 is 17.3 Å². The zero-order valence-corrected chi connectivity index (χ0v) is 10.3. The van der Waals surface area contributed by atoms with Crippen LogP contribution in [0.5, 0.6) is 0 Å². The van der Waals surface area contributed by atoms with Gasteiger partial charge < -0.3 is 21.1 Å². The molecule has 0 unspecified atom stereocenters. The van der Waals surface area contributed by atoms with Crippen molar-refractivity contribution in [3.8, 4) is 0 Å². The summed E-state index contributed by atoms with van der Waals surface area (Å²) in [6, 6.07) is 5.29. The smallest absolute Gasteiger partial charge is 0.250 e. The number of amides is 1. The maximum Gasteiger partial charge on any atom is 0.250 e. The number of likely N-dealkylation sites (N-methyl/N-ethyl adjacent to an activating group) is 1. The number of ether oxygens (including phenoxy) is 1. The third kappa shape index (κ3) is 3.35. The zero-order chi connectivity index (χ0) is 12.8. The van der Waals surface area contributed by atoms with Crippen LogP contribution in [0.25, 0.3) is 0 Å². The van der Waals surface area contributed by atoms with Gasteiger partial charge in [-0.25, -0.2) is 0 Å². The molecule has 1 aromatic carbocycles. The Balaban J connectivity index is 2.96. The van der Waals surface area contributed by atoms with Crippen molar-refractivity contribution in [2.75, 3.05) is 37.4 Å². The number of anilines is 2. The molecule has 0 heterocycles. The van der Waals surface area contributed by atoms with Crippen LogP contribution in [0, 0.1) is 0 Å². The molecule has 0 aromatic heterocycles. The molecule has 17 heavy (non-hydrogen) atoms. The fraction of sp³-hybridized carbons (Fsp3) is 0.417. The van der Waals surface area contributed by atoms with Crippen LogP contribution in [-0.4, -0.2) is 32.7 Å². The minimum absolute atomic E-state index is 0.360. The van der Waals surface area contributed by atoms with E-state index in [0.29, 0.717) is 17.9 Å². The minimum Gasteiger partial charge on any atom is -0.398 e. The number of methoxy groups -OCH3 is 1. The first-order valence-electron chi connectivity index (χ1n) is 5.53. The lowest BCUT2D eigenvalue weighted by Crippen LogP contribution is -2.27. The first-order chi connectivity index (χ1) is 8.10. The molecule has 0 aliphatic rings. The third-order valence-electron chi connectivity index (χ3n) is 2.61. The van der Waals surface area contributed by atoms with Crippen molar-refractivity contribution in [2.24, 2.45) is 5.73 Å². The van der Waals surface area contributed by atoms with Crippen LogP contribution in [0.15, 0.2) is 18.2 Å². The highest BCUT2D eigenvalue weighted by atomic mass is 16.5. The fourth-order valence-electron chi connectivity index (χ4n) is 1.63. The van der Waals surface area contributed by atoms with Crippen LogP contribution in [0.3, 0.4) is 0 Å². The Kier molecular flexibility index (Phi) is 4.78. The molecule has 0 atom stereocenters. The molecule has 0 saturated heterocycles. The predicted molar refractivity (Wildman–Crippen MR) is 69.1 cm³/mol. The Labute approximate surface area is 101 Å². The summed E-state index contributed by atoms with van der Waals surface area (Å²) in [5.41, 5.74) is 12.6. The number of primary amides is 1. The summed E-state index contributed by atoms with van der Waals surface area (Å²) < 4.78 is 5.04. The highest BCUT2D eigenvalue weighted by Gasteiger charge is 2.10. The second-order valence-electron chi connectivity index (χ2n) is 3.71. The summed E-state index contributed by atoms with van der Waals surface area (Å²) in [6.45, 7) is 4.25. The average Bonchev–Trinajstić information content (AvgIpc) is 2.31. The number of carbonyl (C=O) groups is 1. The Morgan fingerprint density at radius 2 is 2.18 bits per heavy atom. The Morgan fingerprint density at radius 3 is 2.71 bits per heavy atom. The Hall–Kier alpha value is -1.75. The van der Waals surface area contributed by atoms with Gasteiger partial charge >= 0.3 is 0 Å². The SMILES string of the molecule is CCN(CCOC)c1ccc(N)c(C(N)=O)c1. The van der Waals surface area contributed by atoms with E-state index >= 15 is 0 Å². The van der Waals surface area contributed by atoms with E-state index in [0.717, 1.165) is 18.8 Å². The second-order valence-corrected chi connectivity index (χ2v) is 3.71. The summed E-state index contributed by atoms with van der Waals surface area (Å²) in [7, 11) is 1.66. The number of nitrogens with zero attached hydrogens (tertiary/aromatic N) is 1. The van der Waals surface area contributed by atoms with Crippen molar-refractivity contribution < 1.29 is 9.53 Å². The molecule has 4 N–H and O–H groups in total. The number of hydrogen-bond donors (Lipinski definition) is 2. The standard InChI is InChI=1S/C12H19N3O2/c1-3-15(6-7-17-2)9-4-5-11(13)10(8-9)12(14)16/h4-5,8H,3,6-7,13H2,1-2H3,(H2,14,16). The quantitative estimate of drug-likeness (QED) is 0.718. The molecule has 5 nitrogen and oxygen atoms in total. The zero-order valence-electron chi connectivity index (χ0n) is 10.3. The van der Waals surface area contributed by atoms with Crippen LogP contribution in [0.4, 0.5) is 11.4 Å². The summed E-state index contributed by atoms with van der Waals surface area (Å²) in [4.78, 5) is 13.3. The van der Waals surface area contributed by atoms with E-state index in [1.54, 1.807) is 19.2 Å². The lowest BCUT2D eigenvalue weighted by molar-refractivity contribution is 0.100. The molecule has 0 bridgehead atoms. The predicted octanol–water partition coefficient (Wildman–Crippen LogP) is 0.840. The molecule has 0 spiro atoms. The van der Waals surface area contributed by atoms with Gasteiger partial charge in [-0.05, 0) is 25.1 Å². The molecular weight excluding hydrogens is 218 g/mol. The van der Waals surface area contributed by atoms with E-state index in [9.17, 15) is 4.79 Å². The van der Waals surface area contributed by atoms with E-state index in [1.165, 1.54) is 0 Å². The lowest BCUT2D eigenvalue weighted by atomic mass is 10.1. The average molecular weight is 237 g/mol. The van der Waals surface area contributed by atoms with Gasteiger partial charge in [0.15, 0.2) is 0 Å². The van der Waals surface area contributed by atoms with Gasteiger partial charge in [0.1, 0.15) is 0 Å². The normalized spacial score (nSPS) is 10.2. The van der Waals surface area contributed by atoms with Crippen molar-refractivity contribution in [1.29, 1.82) is 0 Å². The maximum atomic E-state index is 11.2. The number of benzene rings is 1. The molecule has 0 saturated carbocycles. The fourth-order valence-corrected chi connectivity index (χ4v) is 1.63. The molecule has 94 valence electrons. The largest absolute Gasteiger partial charge is 0.398 e. The van der Waals surface area contributed by atoms with Gasteiger partial charge in [-0.1, -0.05) is 0 Å². The highest BCUT2D eigenvalue weighted by molar-refractivity contribution is 5.99. The van der Waals surface area contributed by atoms with E-state index in [1.807, 2.05) is 13.0 Å². The molecule has 5 heteroatoms. The van der Waals surface area contributed by atoms with Crippen molar-refractivity contribution in [3.63, 3.8) is 0 Å². The summed E-state index contributed by atoms with van der Waals surface area (Å²) in [6.07, 6.45) is 0. The molecule has 0 aliphatic carbocycles. The van der Waals surface area contributed by atoms with Crippen molar-refractivity contribution in [1.82, 2.24) is 0 Å².